The van der Waals surface area contributed by atoms with Crippen LogP contribution >= 0.6 is 22.6 Å². The van der Waals surface area contributed by atoms with Crippen molar-refractivity contribution in [2.45, 2.75) is 27.8 Å². The zero-order valence-corrected chi connectivity index (χ0v) is 19.6. The fraction of sp³-hybridized carbons (Fsp3) is 0.421. The Bertz CT molecular complexity index is 836. The molecule has 1 saturated heterocycles. The van der Waals surface area contributed by atoms with E-state index in [-0.39, 0.29) is 13.3 Å². The van der Waals surface area contributed by atoms with Crippen molar-refractivity contribution in [3.8, 4) is 23.1 Å². The molecule has 3 rings (SSSR count). The lowest BCUT2D eigenvalue weighted by Gasteiger charge is -2.32. The summed E-state index contributed by atoms with van der Waals surface area (Å²) in [6.07, 6.45) is 0.273. The second-order valence-electron chi connectivity index (χ2n) is 6.68. The number of aromatic nitrogens is 2. The van der Waals surface area contributed by atoms with Crippen LogP contribution in [0, 0.1) is 18.3 Å². The van der Waals surface area contributed by atoms with Crippen LogP contribution in [0.3, 0.4) is 0 Å². The van der Waals surface area contributed by atoms with E-state index >= 15 is 0 Å². The second-order valence-corrected chi connectivity index (χ2v) is 13.4. The van der Waals surface area contributed by atoms with Crippen molar-refractivity contribution in [3.63, 3.8) is 0 Å². The van der Waals surface area contributed by atoms with E-state index in [2.05, 4.69) is 56.7 Å². The standard InChI is InChI=1S/C19H20I2N4O2/c1-12-9-13(19(2,20)21)10-16(26)18(12)15-3-4-17(24-23-15)25-7-8-27-14(11-25)5-6-22/h3-4,9-10,14,20H,5,7-8,11H2,1-2H3/p+1/t14-,19?/m1/s1. The SMILES string of the molecule is Cc1cc(C(C)(I)[IH+])cc(O)c1-c1ccc(N2CCO[C@H](CC#N)C2)nn1. The lowest BCUT2D eigenvalue weighted by atomic mass is 10.00. The monoisotopic (exact) mass is 591 g/mol. The van der Waals surface area contributed by atoms with Crippen molar-refractivity contribution in [1.82, 2.24) is 10.2 Å². The lowest BCUT2D eigenvalue weighted by molar-refractivity contribution is -0.431. The zero-order valence-electron chi connectivity index (χ0n) is 15.1. The van der Waals surface area contributed by atoms with E-state index in [0.717, 1.165) is 23.5 Å². The highest BCUT2D eigenvalue weighted by atomic mass is 127. The quantitative estimate of drug-likeness (QED) is 0.404. The van der Waals surface area contributed by atoms with E-state index < -0.39 is 0 Å². The number of alkyl halides is 2. The lowest BCUT2D eigenvalue weighted by Crippen LogP contribution is -3.40. The van der Waals surface area contributed by atoms with Gasteiger partial charge in [-0.3, -0.25) is 0 Å². The zero-order chi connectivity index (χ0) is 19.6. The highest BCUT2D eigenvalue weighted by Gasteiger charge is 2.30. The molecular formula is C19H21I2N4O2+. The smallest absolute Gasteiger partial charge is 0.275 e. The third kappa shape index (κ3) is 4.81. The van der Waals surface area contributed by atoms with Gasteiger partial charge in [0.2, 0.25) is 1.43 Å². The van der Waals surface area contributed by atoms with E-state index in [0.29, 0.717) is 30.8 Å². The van der Waals surface area contributed by atoms with Crippen LogP contribution in [0.1, 0.15) is 24.5 Å². The summed E-state index contributed by atoms with van der Waals surface area (Å²) in [5.41, 5.74) is 3.41. The number of phenolic OH excluding ortho intramolecular Hbond substituents is 1. The summed E-state index contributed by atoms with van der Waals surface area (Å²) in [4.78, 5) is 2.08. The molecule has 1 fully saturated rings. The summed E-state index contributed by atoms with van der Waals surface area (Å²) in [6.45, 7) is 6.02. The molecule has 1 aromatic heterocycles. The van der Waals surface area contributed by atoms with Crippen molar-refractivity contribution in [3.05, 3.63) is 35.4 Å². The summed E-state index contributed by atoms with van der Waals surface area (Å²) < 4.78 is 5.53. The van der Waals surface area contributed by atoms with E-state index in [1.807, 2.05) is 41.6 Å². The van der Waals surface area contributed by atoms with Crippen molar-refractivity contribution >= 4 is 28.4 Å². The Balaban J connectivity index is 1.85. The molecule has 0 radical (unpaired) electrons. The number of rotatable bonds is 4. The van der Waals surface area contributed by atoms with E-state index in [4.69, 9.17) is 10.00 Å². The van der Waals surface area contributed by atoms with Gasteiger partial charge in [0.25, 0.3) is 22.6 Å². The predicted octanol–water partition coefficient (Wildman–Crippen LogP) is 0.170. The summed E-state index contributed by atoms with van der Waals surface area (Å²) in [6, 6.07) is 9.84. The predicted molar refractivity (Wildman–Crippen MR) is 109 cm³/mol. The number of phenols is 1. The van der Waals surface area contributed by atoms with Crippen molar-refractivity contribution in [2.24, 2.45) is 0 Å². The largest absolute Gasteiger partial charge is 0.507 e. The molecule has 6 nitrogen and oxygen atoms in total. The van der Waals surface area contributed by atoms with Crippen LogP contribution in [0.25, 0.3) is 11.3 Å². The molecule has 8 heteroatoms. The van der Waals surface area contributed by atoms with E-state index in [9.17, 15) is 5.11 Å². The minimum atomic E-state index is -0.0963. The number of morpholine rings is 1. The normalized spacial score (nSPS) is 19.4. The molecule has 2 aromatic rings. The number of aryl methyl sites for hydroxylation is 1. The third-order valence-electron chi connectivity index (χ3n) is 4.52. The molecule has 142 valence electrons. The number of halogens is 2. The molecule has 1 aliphatic heterocycles. The van der Waals surface area contributed by atoms with E-state index in [1.165, 1.54) is 0 Å². The Morgan fingerprint density at radius 3 is 2.81 bits per heavy atom. The highest BCUT2D eigenvalue weighted by molar-refractivity contribution is 14.1. The molecule has 1 N–H and O–H groups in total. The molecule has 0 saturated carbocycles. The van der Waals surface area contributed by atoms with Crippen LogP contribution in [0.5, 0.6) is 5.75 Å². The molecule has 1 unspecified atom stereocenters. The maximum absolute atomic E-state index is 10.6. The topological polar surface area (TPSA) is 82.3 Å². The number of ether oxygens (including phenoxy) is 1. The number of hydrogen-bond donors (Lipinski definition) is 1. The Morgan fingerprint density at radius 1 is 1.44 bits per heavy atom. The van der Waals surface area contributed by atoms with Gasteiger partial charge in [0, 0.05) is 24.2 Å². The fourth-order valence-corrected chi connectivity index (χ4v) is 3.79. The van der Waals surface area contributed by atoms with Gasteiger partial charge in [0.1, 0.15) is 5.75 Å². The van der Waals surface area contributed by atoms with Crippen LogP contribution < -0.4 is 27.5 Å². The molecule has 27 heavy (non-hydrogen) atoms. The maximum Gasteiger partial charge on any atom is 0.275 e. The highest BCUT2D eigenvalue weighted by Crippen LogP contribution is 2.36. The maximum atomic E-state index is 10.6. The number of hydrogen-bond acceptors (Lipinski definition) is 6. The van der Waals surface area contributed by atoms with Gasteiger partial charge in [0.05, 0.1) is 30.9 Å². The second kappa shape index (κ2) is 8.45. The molecule has 2 heterocycles. The van der Waals surface area contributed by atoms with Gasteiger partial charge in [-0.2, -0.15) is 5.26 Å². The van der Waals surface area contributed by atoms with Crippen LogP contribution in [0.2, 0.25) is 0 Å². The van der Waals surface area contributed by atoms with Crippen LogP contribution in [-0.2, 0) is 6.17 Å². The minimum absolute atomic E-state index is 0.0551. The molecular weight excluding hydrogens is 570 g/mol. The summed E-state index contributed by atoms with van der Waals surface area (Å²) in [7, 11) is 0. The van der Waals surface area contributed by atoms with Gasteiger partial charge in [-0.15, -0.1) is 10.2 Å². The summed E-state index contributed by atoms with van der Waals surface area (Å²) in [5, 5.41) is 28.1. The molecule has 1 aliphatic rings. The van der Waals surface area contributed by atoms with Crippen molar-refractivity contribution < 1.29 is 32.4 Å². The van der Waals surface area contributed by atoms with Gasteiger partial charge in [0.15, 0.2) is 5.82 Å². The van der Waals surface area contributed by atoms with Crippen molar-refractivity contribution in [1.29, 1.82) is 5.26 Å². The Morgan fingerprint density at radius 2 is 2.22 bits per heavy atom. The molecule has 0 spiro atoms. The first kappa shape index (κ1) is 20.5. The van der Waals surface area contributed by atoms with Crippen LogP contribution in [0.4, 0.5) is 5.82 Å². The number of aromatic hydroxyl groups is 1. The van der Waals surface area contributed by atoms with Crippen molar-refractivity contribution in [2.75, 3.05) is 24.6 Å². The average Bonchev–Trinajstić information content (AvgIpc) is 2.61. The Labute approximate surface area is 186 Å². The minimum Gasteiger partial charge on any atom is -0.507 e. The van der Waals surface area contributed by atoms with Gasteiger partial charge >= 0.3 is 0 Å². The average molecular weight is 591 g/mol. The molecule has 2 atom stereocenters. The first-order chi connectivity index (χ1) is 12.8. The summed E-state index contributed by atoms with van der Waals surface area (Å²) in [5.74, 6) is 0.978. The van der Waals surface area contributed by atoms with Gasteiger partial charge in [-0.05, 0) is 66.3 Å². The Kier molecular flexibility index (Phi) is 6.43. The number of benzene rings is 1. The molecule has 0 amide bonds. The first-order valence-electron chi connectivity index (χ1n) is 8.60. The van der Waals surface area contributed by atoms with Crippen LogP contribution in [-0.4, -0.2) is 41.1 Å². The van der Waals surface area contributed by atoms with Gasteiger partial charge in [-0.25, -0.2) is 0 Å². The van der Waals surface area contributed by atoms with E-state index in [1.54, 1.807) is 6.07 Å². The first-order valence-corrected chi connectivity index (χ1v) is 10.8. The summed E-state index contributed by atoms with van der Waals surface area (Å²) >= 11 is 4.40. The fourth-order valence-electron chi connectivity index (χ4n) is 3.14. The van der Waals surface area contributed by atoms with Gasteiger partial charge in [-0.1, -0.05) is 0 Å². The third-order valence-corrected chi connectivity index (χ3v) is 5.81. The molecule has 0 bridgehead atoms. The number of nitriles is 1. The van der Waals surface area contributed by atoms with Crippen LogP contribution in [0.15, 0.2) is 24.3 Å². The molecule has 1 aromatic carbocycles. The van der Waals surface area contributed by atoms with Gasteiger partial charge < -0.3 is 14.7 Å². The number of anilines is 1. The molecule has 0 aliphatic carbocycles. The number of nitrogens with zero attached hydrogens (tertiary/aromatic N) is 4. The Hall–Kier alpha value is -1.19.